The number of nitrogens with zero attached hydrogens (tertiary/aromatic N) is 6. The van der Waals surface area contributed by atoms with Crippen LogP contribution >= 0.6 is 0 Å². The second-order valence-electron chi connectivity index (χ2n) is 7.47. The quantitative estimate of drug-likeness (QED) is 0.809. The van der Waals surface area contributed by atoms with Crippen molar-refractivity contribution < 1.29 is 4.79 Å². The first-order valence-corrected chi connectivity index (χ1v) is 10.0. The lowest BCUT2D eigenvalue weighted by Crippen LogP contribution is -2.49. The lowest BCUT2D eigenvalue weighted by molar-refractivity contribution is -0.129. The van der Waals surface area contributed by atoms with Crippen molar-refractivity contribution in [3.8, 4) is 0 Å². The fourth-order valence-corrected chi connectivity index (χ4v) is 3.89. The molecule has 3 heterocycles. The molecule has 7 heteroatoms. The van der Waals surface area contributed by atoms with E-state index in [0.29, 0.717) is 0 Å². The fraction of sp³-hybridized carbons (Fsp3) is 0.476. The molecule has 1 aromatic heterocycles. The number of amides is 1. The van der Waals surface area contributed by atoms with Gasteiger partial charge in [-0.25, -0.2) is 4.98 Å². The number of para-hydroxylation sites is 1. The van der Waals surface area contributed by atoms with Gasteiger partial charge >= 0.3 is 0 Å². The van der Waals surface area contributed by atoms with Crippen molar-refractivity contribution in [1.82, 2.24) is 14.9 Å². The first-order valence-electron chi connectivity index (χ1n) is 10.0. The van der Waals surface area contributed by atoms with Gasteiger partial charge in [0.1, 0.15) is 5.82 Å². The van der Waals surface area contributed by atoms with Crippen LogP contribution in [0.2, 0.25) is 0 Å². The third kappa shape index (κ3) is 4.03. The summed E-state index contributed by atoms with van der Waals surface area (Å²) in [7, 11) is 0. The Morgan fingerprint density at radius 2 is 1.43 bits per heavy atom. The Bertz CT molecular complexity index is 811. The van der Waals surface area contributed by atoms with Crippen molar-refractivity contribution in [2.24, 2.45) is 0 Å². The van der Waals surface area contributed by atoms with Crippen LogP contribution in [0, 0.1) is 6.92 Å². The van der Waals surface area contributed by atoms with E-state index in [2.05, 4.69) is 56.1 Å². The summed E-state index contributed by atoms with van der Waals surface area (Å²) in [6.45, 7) is 10.6. The van der Waals surface area contributed by atoms with Gasteiger partial charge in [-0.2, -0.15) is 4.98 Å². The normalized spacial score (nSPS) is 17.8. The summed E-state index contributed by atoms with van der Waals surface area (Å²) in [6, 6.07) is 12.7. The Hall–Kier alpha value is -2.83. The summed E-state index contributed by atoms with van der Waals surface area (Å²) >= 11 is 0. The van der Waals surface area contributed by atoms with Gasteiger partial charge < -0.3 is 19.6 Å². The van der Waals surface area contributed by atoms with Crippen molar-refractivity contribution >= 4 is 23.4 Å². The van der Waals surface area contributed by atoms with Gasteiger partial charge in [-0.15, -0.1) is 0 Å². The zero-order valence-electron chi connectivity index (χ0n) is 16.7. The second-order valence-corrected chi connectivity index (χ2v) is 7.47. The largest absolute Gasteiger partial charge is 0.368 e. The molecule has 0 spiro atoms. The minimum absolute atomic E-state index is 0.141. The molecule has 0 unspecified atom stereocenters. The van der Waals surface area contributed by atoms with Crippen LogP contribution in [0.25, 0.3) is 0 Å². The number of carbonyl (C=O) groups is 1. The summed E-state index contributed by atoms with van der Waals surface area (Å²) in [5.74, 6) is 1.93. The van der Waals surface area contributed by atoms with Crippen molar-refractivity contribution in [3.63, 3.8) is 0 Å². The van der Waals surface area contributed by atoms with Crippen molar-refractivity contribution in [2.45, 2.75) is 13.8 Å². The summed E-state index contributed by atoms with van der Waals surface area (Å²) in [5.41, 5.74) is 2.27. The molecule has 0 aliphatic carbocycles. The standard InChI is InChI=1S/C21H28N6O/c1-17-16-20(23-21(22-17)27-14-8-24(9-15-27)18(2)28)26-12-10-25(11-13-26)19-6-4-3-5-7-19/h3-7,16H,8-15H2,1-2H3. The van der Waals surface area contributed by atoms with E-state index >= 15 is 0 Å². The molecule has 148 valence electrons. The maximum absolute atomic E-state index is 11.6. The molecule has 2 aliphatic rings. The summed E-state index contributed by atoms with van der Waals surface area (Å²) in [6.07, 6.45) is 0. The average molecular weight is 380 g/mol. The molecule has 2 fully saturated rings. The van der Waals surface area contributed by atoms with Gasteiger partial charge in [-0.3, -0.25) is 4.79 Å². The molecular weight excluding hydrogens is 352 g/mol. The molecule has 4 rings (SSSR count). The molecule has 1 aromatic carbocycles. The summed E-state index contributed by atoms with van der Waals surface area (Å²) < 4.78 is 0. The zero-order valence-corrected chi connectivity index (χ0v) is 16.7. The summed E-state index contributed by atoms with van der Waals surface area (Å²) in [4.78, 5) is 29.9. The number of anilines is 3. The smallest absolute Gasteiger partial charge is 0.227 e. The first-order chi connectivity index (χ1) is 13.6. The first kappa shape index (κ1) is 18.5. The predicted molar refractivity (Wildman–Crippen MR) is 112 cm³/mol. The van der Waals surface area contributed by atoms with Gasteiger partial charge in [0.05, 0.1) is 0 Å². The van der Waals surface area contributed by atoms with Gasteiger partial charge in [-0.05, 0) is 19.1 Å². The van der Waals surface area contributed by atoms with Crippen molar-refractivity contribution in [3.05, 3.63) is 42.1 Å². The SMILES string of the molecule is CC(=O)N1CCN(c2nc(C)cc(N3CCN(c4ccccc4)CC3)n2)CC1. The number of hydrogen-bond donors (Lipinski definition) is 0. The van der Waals surface area contributed by atoms with Gasteiger partial charge in [0.25, 0.3) is 0 Å². The number of hydrogen-bond acceptors (Lipinski definition) is 6. The Morgan fingerprint density at radius 3 is 2.07 bits per heavy atom. The topological polar surface area (TPSA) is 55.8 Å². The van der Waals surface area contributed by atoms with Crippen LogP contribution in [0.3, 0.4) is 0 Å². The van der Waals surface area contributed by atoms with Crippen LogP contribution in [-0.4, -0.2) is 73.1 Å². The van der Waals surface area contributed by atoms with E-state index < -0.39 is 0 Å². The highest BCUT2D eigenvalue weighted by Crippen LogP contribution is 2.22. The van der Waals surface area contributed by atoms with E-state index in [-0.39, 0.29) is 5.91 Å². The van der Waals surface area contributed by atoms with Gasteiger partial charge in [-0.1, -0.05) is 18.2 Å². The van der Waals surface area contributed by atoms with E-state index in [1.54, 1.807) is 6.92 Å². The lowest BCUT2D eigenvalue weighted by atomic mass is 10.2. The molecule has 2 saturated heterocycles. The molecule has 0 N–H and O–H groups in total. The third-order valence-electron chi connectivity index (χ3n) is 5.56. The van der Waals surface area contributed by atoms with Crippen LogP contribution in [0.1, 0.15) is 12.6 Å². The van der Waals surface area contributed by atoms with E-state index in [9.17, 15) is 4.79 Å². The Morgan fingerprint density at radius 1 is 0.821 bits per heavy atom. The Balaban J connectivity index is 1.43. The maximum atomic E-state index is 11.6. The number of piperazine rings is 2. The molecule has 2 aromatic rings. The maximum Gasteiger partial charge on any atom is 0.227 e. The second kappa shape index (κ2) is 8.04. The minimum atomic E-state index is 0.141. The molecule has 28 heavy (non-hydrogen) atoms. The average Bonchev–Trinajstić information content (AvgIpc) is 2.74. The monoisotopic (exact) mass is 380 g/mol. The molecule has 1 amide bonds. The molecule has 0 saturated carbocycles. The number of rotatable bonds is 3. The van der Waals surface area contributed by atoms with Crippen LogP contribution in [-0.2, 0) is 4.79 Å². The zero-order chi connectivity index (χ0) is 19.5. The van der Waals surface area contributed by atoms with E-state index in [0.717, 1.165) is 69.8 Å². The molecular formula is C21H28N6O. The van der Waals surface area contributed by atoms with Crippen LogP contribution < -0.4 is 14.7 Å². The van der Waals surface area contributed by atoms with Crippen molar-refractivity contribution in [2.75, 3.05) is 67.1 Å². The third-order valence-corrected chi connectivity index (χ3v) is 5.56. The van der Waals surface area contributed by atoms with Crippen LogP contribution in [0.5, 0.6) is 0 Å². The number of aryl methyl sites for hydroxylation is 1. The van der Waals surface area contributed by atoms with E-state index in [4.69, 9.17) is 4.98 Å². The highest BCUT2D eigenvalue weighted by Gasteiger charge is 2.23. The molecule has 7 nitrogen and oxygen atoms in total. The number of benzene rings is 1. The van der Waals surface area contributed by atoms with Crippen LogP contribution in [0.4, 0.5) is 17.5 Å². The van der Waals surface area contributed by atoms with Crippen molar-refractivity contribution in [1.29, 1.82) is 0 Å². The summed E-state index contributed by atoms with van der Waals surface area (Å²) in [5, 5.41) is 0. The van der Waals surface area contributed by atoms with E-state index in [1.165, 1.54) is 5.69 Å². The minimum Gasteiger partial charge on any atom is -0.368 e. The lowest BCUT2D eigenvalue weighted by Gasteiger charge is -2.38. The Labute approximate surface area is 166 Å². The molecule has 0 atom stereocenters. The molecule has 2 aliphatic heterocycles. The molecule has 0 radical (unpaired) electrons. The van der Waals surface area contributed by atoms with Gasteiger partial charge in [0, 0.05) is 76.7 Å². The van der Waals surface area contributed by atoms with Gasteiger partial charge in [0.2, 0.25) is 11.9 Å². The number of carbonyl (C=O) groups excluding carboxylic acids is 1. The highest BCUT2D eigenvalue weighted by molar-refractivity contribution is 5.73. The van der Waals surface area contributed by atoms with Crippen LogP contribution in [0.15, 0.2) is 36.4 Å². The number of aromatic nitrogens is 2. The van der Waals surface area contributed by atoms with E-state index in [1.807, 2.05) is 11.8 Å². The highest BCUT2D eigenvalue weighted by atomic mass is 16.2. The Kier molecular flexibility index (Phi) is 5.32. The fourth-order valence-electron chi connectivity index (χ4n) is 3.89. The predicted octanol–water partition coefficient (Wildman–Crippen LogP) is 1.78. The van der Waals surface area contributed by atoms with Gasteiger partial charge in [0.15, 0.2) is 0 Å². The molecule has 0 bridgehead atoms.